The summed E-state index contributed by atoms with van der Waals surface area (Å²) in [5, 5.41) is 0. The van der Waals surface area contributed by atoms with Gasteiger partial charge in [0.25, 0.3) is 0 Å². The quantitative estimate of drug-likeness (QED) is 0.717. The predicted molar refractivity (Wildman–Crippen MR) is 102 cm³/mol. The van der Waals surface area contributed by atoms with Crippen molar-refractivity contribution < 1.29 is 14.3 Å². The number of rotatable bonds is 7. The SMILES string of the molecule is COCCOCC(=O)N1CCCC(c2ccccc2)(c2ccccc2)C1. The van der Waals surface area contributed by atoms with Crippen molar-refractivity contribution in [2.75, 3.05) is 40.0 Å². The second-order valence-corrected chi connectivity index (χ2v) is 6.78. The summed E-state index contributed by atoms with van der Waals surface area (Å²) in [4.78, 5) is 14.6. The van der Waals surface area contributed by atoms with E-state index in [-0.39, 0.29) is 17.9 Å². The smallest absolute Gasteiger partial charge is 0.248 e. The van der Waals surface area contributed by atoms with Gasteiger partial charge in [0.1, 0.15) is 6.61 Å². The highest BCUT2D eigenvalue weighted by molar-refractivity contribution is 5.78. The van der Waals surface area contributed by atoms with Crippen LogP contribution in [0.1, 0.15) is 24.0 Å². The highest BCUT2D eigenvalue weighted by atomic mass is 16.5. The maximum atomic E-state index is 12.7. The molecule has 4 heteroatoms. The molecule has 1 aliphatic rings. The number of ether oxygens (including phenoxy) is 2. The molecule has 0 aromatic heterocycles. The summed E-state index contributed by atoms with van der Waals surface area (Å²) in [5.74, 6) is 0.0528. The number of methoxy groups -OCH3 is 1. The molecule has 1 saturated heterocycles. The van der Waals surface area contributed by atoms with Crippen molar-refractivity contribution in [2.45, 2.75) is 18.3 Å². The number of hydrogen-bond donors (Lipinski definition) is 0. The van der Waals surface area contributed by atoms with Gasteiger partial charge in [-0.25, -0.2) is 0 Å². The molecule has 4 nitrogen and oxygen atoms in total. The summed E-state index contributed by atoms with van der Waals surface area (Å²) in [6.07, 6.45) is 2.02. The zero-order chi connectivity index (χ0) is 18.2. The van der Waals surface area contributed by atoms with Gasteiger partial charge in [0, 0.05) is 25.6 Å². The lowest BCUT2D eigenvalue weighted by Crippen LogP contribution is -2.50. The minimum Gasteiger partial charge on any atom is -0.382 e. The molecule has 138 valence electrons. The molecular formula is C22H27NO3. The lowest BCUT2D eigenvalue weighted by atomic mass is 9.69. The Labute approximate surface area is 155 Å². The molecular weight excluding hydrogens is 326 g/mol. The van der Waals surface area contributed by atoms with Gasteiger partial charge in [0.2, 0.25) is 5.91 Å². The molecule has 2 aromatic rings. The lowest BCUT2D eigenvalue weighted by Gasteiger charge is -2.44. The molecule has 0 N–H and O–H groups in total. The number of benzene rings is 2. The van der Waals surface area contributed by atoms with Gasteiger partial charge in [-0.05, 0) is 24.0 Å². The van der Waals surface area contributed by atoms with Crippen molar-refractivity contribution in [3.05, 3.63) is 71.8 Å². The van der Waals surface area contributed by atoms with Gasteiger partial charge in [-0.2, -0.15) is 0 Å². The average Bonchev–Trinajstić information content (AvgIpc) is 2.72. The van der Waals surface area contributed by atoms with Gasteiger partial charge in [-0.15, -0.1) is 0 Å². The van der Waals surface area contributed by atoms with Crippen LogP contribution >= 0.6 is 0 Å². The first-order valence-electron chi connectivity index (χ1n) is 9.22. The zero-order valence-corrected chi connectivity index (χ0v) is 15.4. The molecule has 26 heavy (non-hydrogen) atoms. The number of likely N-dealkylation sites (tertiary alicyclic amines) is 1. The molecule has 0 aliphatic carbocycles. The second-order valence-electron chi connectivity index (χ2n) is 6.78. The Morgan fingerprint density at radius 1 is 1.00 bits per heavy atom. The van der Waals surface area contributed by atoms with Crippen LogP contribution in [0.4, 0.5) is 0 Å². The summed E-state index contributed by atoms with van der Waals surface area (Å²) < 4.78 is 10.4. The molecule has 1 aliphatic heterocycles. The van der Waals surface area contributed by atoms with Crippen molar-refractivity contribution in [1.29, 1.82) is 0 Å². The van der Waals surface area contributed by atoms with Crippen molar-refractivity contribution >= 4 is 5.91 Å². The molecule has 0 saturated carbocycles. The summed E-state index contributed by atoms with van der Waals surface area (Å²) >= 11 is 0. The van der Waals surface area contributed by atoms with E-state index in [1.54, 1.807) is 7.11 Å². The van der Waals surface area contributed by atoms with Crippen LogP contribution in [0.2, 0.25) is 0 Å². The van der Waals surface area contributed by atoms with E-state index in [1.165, 1.54) is 11.1 Å². The highest BCUT2D eigenvalue weighted by Crippen LogP contribution is 2.40. The van der Waals surface area contributed by atoms with E-state index in [1.807, 2.05) is 17.0 Å². The van der Waals surface area contributed by atoms with Crippen LogP contribution in [0.5, 0.6) is 0 Å². The van der Waals surface area contributed by atoms with Crippen LogP contribution in [-0.4, -0.2) is 50.8 Å². The Balaban J connectivity index is 1.82. The standard InChI is InChI=1S/C22H27NO3/c1-25-15-16-26-17-21(24)23-14-8-13-22(18-23,19-9-4-2-5-10-19)20-11-6-3-7-12-20/h2-7,9-12H,8,13-18H2,1H3. The number of hydrogen-bond acceptors (Lipinski definition) is 3. The summed E-state index contributed by atoms with van der Waals surface area (Å²) in [7, 11) is 1.63. The Bertz CT molecular complexity index is 648. The normalized spacial score (nSPS) is 16.4. The number of piperidine rings is 1. The monoisotopic (exact) mass is 353 g/mol. The lowest BCUT2D eigenvalue weighted by molar-refractivity contribution is -0.138. The fourth-order valence-corrected chi connectivity index (χ4v) is 3.81. The number of nitrogens with zero attached hydrogens (tertiary/aromatic N) is 1. The fourth-order valence-electron chi connectivity index (χ4n) is 3.81. The fraction of sp³-hybridized carbons (Fsp3) is 0.409. The number of carbonyl (C=O) groups excluding carboxylic acids is 1. The Morgan fingerprint density at radius 2 is 1.62 bits per heavy atom. The Morgan fingerprint density at radius 3 is 2.19 bits per heavy atom. The molecule has 0 bridgehead atoms. The molecule has 0 unspecified atom stereocenters. The predicted octanol–water partition coefficient (Wildman–Crippen LogP) is 3.26. The molecule has 1 fully saturated rings. The van der Waals surface area contributed by atoms with Crippen LogP contribution in [0.15, 0.2) is 60.7 Å². The minimum atomic E-state index is -0.164. The third kappa shape index (κ3) is 4.14. The minimum absolute atomic E-state index is 0.0528. The van der Waals surface area contributed by atoms with Gasteiger partial charge in [-0.1, -0.05) is 60.7 Å². The molecule has 0 spiro atoms. The van der Waals surface area contributed by atoms with Gasteiger partial charge in [0.05, 0.1) is 13.2 Å². The first-order chi connectivity index (χ1) is 12.8. The van der Waals surface area contributed by atoms with E-state index in [0.29, 0.717) is 19.8 Å². The average molecular weight is 353 g/mol. The molecule has 0 atom stereocenters. The first-order valence-corrected chi connectivity index (χ1v) is 9.22. The number of carbonyl (C=O) groups is 1. The van der Waals surface area contributed by atoms with Gasteiger partial charge >= 0.3 is 0 Å². The zero-order valence-electron chi connectivity index (χ0n) is 15.4. The first kappa shape index (κ1) is 18.6. The van der Waals surface area contributed by atoms with Crippen molar-refractivity contribution in [3.63, 3.8) is 0 Å². The molecule has 0 radical (unpaired) electrons. The van der Waals surface area contributed by atoms with Crippen LogP contribution in [0.25, 0.3) is 0 Å². The maximum absolute atomic E-state index is 12.7. The van der Waals surface area contributed by atoms with Crippen LogP contribution in [0, 0.1) is 0 Å². The summed E-state index contributed by atoms with van der Waals surface area (Å²) in [5.41, 5.74) is 2.37. The van der Waals surface area contributed by atoms with Crippen LogP contribution in [0.3, 0.4) is 0 Å². The van der Waals surface area contributed by atoms with E-state index >= 15 is 0 Å². The summed E-state index contributed by atoms with van der Waals surface area (Å²) in [6.45, 7) is 2.54. The van der Waals surface area contributed by atoms with E-state index in [0.717, 1.165) is 19.4 Å². The Kier molecular flexibility index (Phi) is 6.42. The van der Waals surface area contributed by atoms with E-state index in [9.17, 15) is 4.79 Å². The van der Waals surface area contributed by atoms with Gasteiger partial charge < -0.3 is 14.4 Å². The second kappa shape index (κ2) is 8.97. The Hall–Kier alpha value is -2.17. The molecule has 1 amide bonds. The van der Waals surface area contributed by atoms with Gasteiger partial charge in [-0.3, -0.25) is 4.79 Å². The molecule has 2 aromatic carbocycles. The highest BCUT2D eigenvalue weighted by Gasteiger charge is 2.39. The van der Waals surface area contributed by atoms with Crippen molar-refractivity contribution in [3.8, 4) is 0 Å². The largest absolute Gasteiger partial charge is 0.382 e. The van der Waals surface area contributed by atoms with Crippen molar-refractivity contribution in [2.24, 2.45) is 0 Å². The van der Waals surface area contributed by atoms with Gasteiger partial charge in [0.15, 0.2) is 0 Å². The van der Waals surface area contributed by atoms with Crippen LogP contribution in [-0.2, 0) is 19.7 Å². The number of amides is 1. The molecule has 3 rings (SSSR count). The molecule has 1 heterocycles. The van der Waals surface area contributed by atoms with E-state index in [4.69, 9.17) is 9.47 Å². The van der Waals surface area contributed by atoms with Crippen LogP contribution < -0.4 is 0 Å². The maximum Gasteiger partial charge on any atom is 0.248 e. The topological polar surface area (TPSA) is 38.8 Å². The summed E-state index contributed by atoms with van der Waals surface area (Å²) in [6, 6.07) is 21.1. The van der Waals surface area contributed by atoms with E-state index < -0.39 is 0 Å². The third-order valence-corrected chi connectivity index (χ3v) is 5.16. The third-order valence-electron chi connectivity index (χ3n) is 5.16. The van der Waals surface area contributed by atoms with E-state index in [2.05, 4.69) is 48.5 Å². The van der Waals surface area contributed by atoms with Crippen molar-refractivity contribution in [1.82, 2.24) is 4.90 Å².